The Kier molecular flexibility index (Phi) is 5.99. The number of aromatic amines is 1. The predicted molar refractivity (Wildman–Crippen MR) is 119 cm³/mol. The monoisotopic (exact) mass is 446 g/mol. The van der Waals surface area contributed by atoms with Gasteiger partial charge in [-0.25, -0.2) is 8.42 Å². The summed E-state index contributed by atoms with van der Waals surface area (Å²) in [6, 6.07) is 4.72. The van der Waals surface area contributed by atoms with Gasteiger partial charge in [0.05, 0.1) is 36.3 Å². The summed E-state index contributed by atoms with van der Waals surface area (Å²) in [5.41, 5.74) is 2.32. The molecule has 0 radical (unpaired) electrons. The summed E-state index contributed by atoms with van der Waals surface area (Å²) < 4.78 is 38.0. The van der Waals surface area contributed by atoms with Crippen LogP contribution in [0, 0.1) is 6.92 Å². The van der Waals surface area contributed by atoms with Crippen molar-refractivity contribution in [3.63, 3.8) is 0 Å². The van der Waals surface area contributed by atoms with Crippen molar-refractivity contribution in [1.82, 2.24) is 19.3 Å². The van der Waals surface area contributed by atoms with Crippen molar-refractivity contribution < 1.29 is 17.9 Å². The lowest BCUT2D eigenvalue weighted by atomic mass is 10.2. The number of methoxy groups -OCH3 is 1. The molecule has 166 valence electrons. The molecule has 2 aromatic heterocycles. The summed E-state index contributed by atoms with van der Waals surface area (Å²) in [6.45, 7) is 6.16. The molecule has 3 aromatic rings. The van der Waals surface area contributed by atoms with E-state index < -0.39 is 10.0 Å². The topological polar surface area (TPSA) is 121 Å². The van der Waals surface area contributed by atoms with Crippen LogP contribution in [0.25, 0.3) is 11.0 Å². The minimum Gasteiger partial charge on any atom is -0.495 e. The maximum atomic E-state index is 12.9. The van der Waals surface area contributed by atoms with Crippen molar-refractivity contribution in [3.8, 4) is 5.75 Å². The quantitative estimate of drug-likeness (QED) is 0.506. The van der Waals surface area contributed by atoms with Gasteiger partial charge in [0.15, 0.2) is 0 Å². The van der Waals surface area contributed by atoms with E-state index in [4.69, 9.17) is 9.47 Å². The van der Waals surface area contributed by atoms with Crippen LogP contribution < -0.4 is 15.4 Å². The molecule has 1 aromatic carbocycles. The number of rotatable bonds is 7. The fraction of sp³-hybridized carbons (Fsp3) is 0.400. The van der Waals surface area contributed by atoms with Gasteiger partial charge in [-0.1, -0.05) is 0 Å². The van der Waals surface area contributed by atoms with Crippen molar-refractivity contribution in [2.24, 2.45) is 0 Å². The number of nitrogens with zero attached hydrogens (tertiary/aromatic N) is 3. The van der Waals surface area contributed by atoms with Gasteiger partial charge in [-0.2, -0.15) is 14.3 Å². The third-order valence-corrected chi connectivity index (χ3v) is 6.99. The Morgan fingerprint density at radius 3 is 2.74 bits per heavy atom. The van der Waals surface area contributed by atoms with Crippen molar-refractivity contribution in [2.45, 2.75) is 18.7 Å². The molecule has 1 aliphatic heterocycles. The van der Waals surface area contributed by atoms with Gasteiger partial charge in [0.2, 0.25) is 16.0 Å². The van der Waals surface area contributed by atoms with Crippen molar-refractivity contribution in [2.75, 3.05) is 50.6 Å². The van der Waals surface area contributed by atoms with Gasteiger partial charge < -0.3 is 25.1 Å². The number of nitrogens with one attached hydrogen (secondary N) is 3. The summed E-state index contributed by atoms with van der Waals surface area (Å²) >= 11 is 0. The molecule has 3 N–H and O–H groups in total. The van der Waals surface area contributed by atoms with Gasteiger partial charge in [-0.05, 0) is 31.5 Å². The number of hydrogen-bond acceptors (Lipinski definition) is 8. The van der Waals surface area contributed by atoms with Crippen molar-refractivity contribution in [1.29, 1.82) is 0 Å². The number of hydrogen-bond donors (Lipinski definition) is 3. The zero-order valence-electron chi connectivity index (χ0n) is 17.7. The van der Waals surface area contributed by atoms with Gasteiger partial charge >= 0.3 is 0 Å². The predicted octanol–water partition coefficient (Wildman–Crippen LogP) is 2.47. The number of ether oxygens (including phenoxy) is 2. The maximum Gasteiger partial charge on any atom is 0.243 e. The molecular formula is C20H26N6O4S. The highest BCUT2D eigenvalue weighted by Gasteiger charge is 2.27. The summed E-state index contributed by atoms with van der Waals surface area (Å²) in [7, 11) is -2.13. The molecule has 0 aliphatic carbocycles. The van der Waals surface area contributed by atoms with Crippen LogP contribution in [0.1, 0.15) is 12.5 Å². The SMILES string of the molecule is CCNc1nc(Nc2ccc(S(=O)(=O)N3CCOCC3)cc2OC)nc2[nH]cc(C)c12. The Labute approximate surface area is 181 Å². The van der Waals surface area contributed by atoms with Crippen LogP contribution in [0.5, 0.6) is 5.75 Å². The number of benzene rings is 1. The van der Waals surface area contributed by atoms with E-state index in [1.165, 1.54) is 17.5 Å². The second-order valence-electron chi connectivity index (χ2n) is 7.12. The van der Waals surface area contributed by atoms with Gasteiger partial charge in [0.1, 0.15) is 17.2 Å². The van der Waals surface area contributed by atoms with E-state index in [2.05, 4.69) is 25.6 Å². The summed E-state index contributed by atoms with van der Waals surface area (Å²) in [4.78, 5) is 12.4. The van der Waals surface area contributed by atoms with Gasteiger partial charge in [0, 0.05) is 31.9 Å². The fourth-order valence-electron chi connectivity index (χ4n) is 3.53. The van der Waals surface area contributed by atoms with E-state index in [-0.39, 0.29) is 4.90 Å². The van der Waals surface area contributed by atoms with E-state index in [0.29, 0.717) is 55.9 Å². The second kappa shape index (κ2) is 8.69. The molecular weight excluding hydrogens is 420 g/mol. The lowest BCUT2D eigenvalue weighted by Gasteiger charge is -2.26. The van der Waals surface area contributed by atoms with Crippen LogP contribution in [-0.4, -0.2) is 67.6 Å². The minimum atomic E-state index is -3.63. The standard InChI is InChI=1S/C20H26N6O4S/c1-4-21-18-17-13(2)12-22-19(17)25-20(24-18)23-15-6-5-14(11-16(15)29-3)31(27,28)26-7-9-30-10-8-26/h5-6,11-12H,4,7-10H2,1-3H3,(H3,21,22,23,24,25). The molecule has 1 saturated heterocycles. The summed E-state index contributed by atoms with van der Waals surface area (Å²) in [5, 5.41) is 7.34. The highest BCUT2D eigenvalue weighted by Crippen LogP contribution is 2.32. The zero-order valence-corrected chi connectivity index (χ0v) is 18.5. The number of aryl methyl sites for hydroxylation is 1. The van der Waals surface area contributed by atoms with E-state index in [1.807, 2.05) is 20.0 Å². The fourth-order valence-corrected chi connectivity index (χ4v) is 4.95. The van der Waals surface area contributed by atoms with Crippen molar-refractivity contribution in [3.05, 3.63) is 30.0 Å². The molecule has 0 saturated carbocycles. The van der Waals surface area contributed by atoms with Gasteiger partial charge in [0.25, 0.3) is 0 Å². The molecule has 1 aliphatic rings. The smallest absolute Gasteiger partial charge is 0.243 e. The molecule has 11 heteroatoms. The van der Waals surface area contributed by atoms with E-state index in [0.717, 1.165) is 16.8 Å². The van der Waals surface area contributed by atoms with Crippen LogP contribution in [0.2, 0.25) is 0 Å². The molecule has 3 heterocycles. The largest absolute Gasteiger partial charge is 0.495 e. The molecule has 0 bridgehead atoms. The molecule has 0 spiro atoms. The van der Waals surface area contributed by atoms with Gasteiger partial charge in [-0.3, -0.25) is 0 Å². The average Bonchev–Trinajstić information content (AvgIpc) is 3.15. The number of H-pyrrole nitrogens is 1. The molecule has 0 atom stereocenters. The molecule has 1 fully saturated rings. The van der Waals surface area contributed by atoms with Crippen LogP contribution in [-0.2, 0) is 14.8 Å². The molecule has 31 heavy (non-hydrogen) atoms. The summed E-state index contributed by atoms with van der Waals surface area (Å²) in [5.74, 6) is 1.47. The molecule has 0 unspecified atom stereocenters. The summed E-state index contributed by atoms with van der Waals surface area (Å²) in [6.07, 6.45) is 1.88. The van der Waals surface area contributed by atoms with Gasteiger partial charge in [-0.15, -0.1) is 0 Å². The second-order valence-corrected chi connectivity index (χ2v) is 9.06. The highest BCUT2D eigenvalue weighted by atomic mass is 32.2. The maximum absolute atomic E-state index is 12.9. The highest BCUT2D eigenvalue weighted by molar-refractivity contribution is 7.89. The van der Waals surface area contributed by atoms with Crippen LogP contribution in [0.3, 0.4) is 0 Å². The lowest BCUT2D eigenvalue weighted by Crippen LogP contribution is -2.40. The Balaban J connectivity index is 1.66. The number of anilines is 3. The Morgan fingerprint density at radius 1 is 1.26 bits per heavy atom. The van der Waals surface area contributed by atoms with E-state index in [9.17, 15) is 8.42 Å². The first kappa shape index (κ1) is 21.3. The normalized spacial score (nSPS) is 15.2. The number of aromatic nitrogens is 3. The van der Waals surface area contributed by atoms with E-state index >= 15 is 0 Å². The Bertz CT molecular complexity index is 1190. The third-order valence-electron chi connectivity index (χ3n) is 5.10. The first-order chi connectivity index (χ1) is 14.9. The molecule has 0 amide bonds. The minimum absolute atomic E-state index is 0.168. The number of fused-ring (bicyclic) bond motifs is 1. The lowest BCUT2D eigenvalue weighted by molar-refractivity contribution is 0.0730. The molecule has 10 nitrogen and oxygen atoms in total. The number of morpholine rings is 1. The molecule has 4 rings (SSSR count). The first-order valence-corrected chi connectivity index (χ1v) is 11.5. The van der Waals surface area contributed by atoms with Crippen molar-refractivity contribution >= 4 is 38.5 Å². The Hall–Kier alpha value is -2.89. The van der Waals surface area contributed by atoms with Crippen LogP contribution >= 0.6 is 0 Å². The third kappa shape index (κ3) is 4.16. The first-order valence-electron chi connectivity index (χ1n) is 10.1. The van der Waals surface area contributed by atoms with Crippen LogP contribution in [0.4, 0.5) is 17.5 Å². The Morgan fingerprint density at radius 2 is 2.03 bits per heavy atom. The zero-order chi connectivity index (χ0) is 22.0. The average molecular weight is 447 g/mol. The van der Waals surface area contributed by atoms with Crippen LogP contribution in [0.15, 0.2) is 29.3 Å². The number of sulfonamides is 1. The van der Waals surface area contributed by atoms with E-state index in [1.54, 1.807) is 12.1 Å².